The highest BCUT2D eigenvalue weighted by Gasteiger charge is 2.24. The number of nitro benzene ring substituents is 1. The first kappa shape index (κ1) is 15.4. The molecule has 6 heteroatoms. The van der Waals surface area contributed by atoms with Gasteiger partial charge in [-0.3, -0.25) is 15.0 Å². The Balaban J connectivity index is 2.11. The number of likely N-dealkylation sites (tertiary alicyclic amines) is 1. The second kappa shape index (κ2) is 6.65. The molecule has 110 valence electrons. The first-order valence-corrected chi connectivity index (χ1v) is 7.67. The first-order chi connectivity index (χ1) is 9.47. The summed E-state index contributed by atoms with van der Waals surface area (Å²) in [5.41, 5.74) is 6.93. The average molecular weight is 342 g/mol. The van der Waals surface area contributed by atoms with Crippen molar-refractivity contribution in [3.8, 4) is 0 Å². The number of nitrogens with two attached hydrogens (primary N) is 1. The maximum absolute atomic E-state index is 11.1. The van der Waals surface area contributed by atoms with Crippen molar-refractivity contribution in [3.05, 3.63) is 38.3 Å². The van der Waals surface area contributed by atoms with Crippen molar-refractivity contribution in [1.29, 1.82) is 0 Å². The fraction of sp³-hybridized carbons (Fsp3) is 0.571. The van der Waals surface area contributed by atoms with E-state index >= 15 is 0 Å². The predicted octanol–water partition coefficient (Wildman–Crippen LogP) is 2.92. The molecule has 1 aromatic rings. The molecule has 20 heavy (non-hydrogen) atoms. The minimum Gasteiger partial charge on any atom is -0.328 e. The lowest BCUT2D eigenvalue weighted by Crippen LogP contribution is -2.42. The Labute approximate surface area is 127 Å². The van der Waals surface area contributed by atoms with Crippen molar-refractivity contribution in [1.82, 2.24) is 4.90 Å². The van der Waals surface area contributed by atoms with E-state index in [0.29, 0.717) is 12.5 Å². The summed E-state index contributed by atoms with van der Waals surface area (Å²) in [4.78, 5) is 13.1. The number of nitro groups is 1. The number of rotatable bonds is 4. The summed E-state index contributed by atoms with van der Waals surface area (Å²) in [6, 6.07) is 5.44. The molecular formula is C14H20BrN3O2. The van der Waals surface area contributed by atoms with Gasteiger partial charge in [0.1, 0.15) is 0 Å². The lowest BCUT2D eigenvalue weighted by Gasteiger charge is -2.34. The molecule has 1 aliphatic rings. The van der Waals surface area contributed by atoms with Crippen LogP contribution in [0, 0.1) is 16.0 Å². The number of hydrogen-bond donors (Lipinski definition) is 1. The van der Waals surface area contributed by atoms with Crippen LogP contribution in [0.15, 0.2) is 22.7 Å². The van der Waals surface area contributed by atoms with Gasteiger partial charge in [-0.25, -0.2) is 0 Å². The normalized spacial score (nSPS) is 21.6. The van der Waals surface area contributed by atoms with E-state index in [9.17, 15) is 10.1 Å². The van der Waals surface area contributed by atoms with Crippen LogP contribution in [-0.4, -0.2) is 29.0 Å². The second-order valence-corrected chi connectivity index (χ2v) is 6.44. The smallest absolute Gasteiger partial charge is 0.275 e. The summed E-state index contributed by atoms with van der Waals surface area (Å²) in [6.45, 7) is 4.56. The molecular weight excluding hydrogens is 322 g/mol. The molecule has 0 spiro atoms. The highest BCUT2D eigenvalue weighted by molar-refractivity contribution is 9.10. The van der Waals surface area contributed by atoms with E-state index < -0.39 is 0 Å². The zero-order chi connectivity index (χ0) is 14.7. The van der Waals surface area contributed by atoms with Crippen LogP contribution in [0.1, 0.15) is 25.3 Å². The molecule has 1 heterocycles. The third-order valence-electron chi connectivity index (χ3n) is 3.92. The van der Waals surface area contributed by atoms with Crippen molar-refractivity contribution in [3.63, 3.8) is 0 Å². The number of hydrogen-bond acceptors (Lipinski definition) is 4. The van der Waals surface area contributed by atoms with E-state index in [0.717, 1.165) is 36.0 Å². The van der Waals surface area contributed by atoms with Gasteiger partial charge in [-0.2, -0.15) is 0 Å². The highest BCUT2D eigenvalue weighted by atomic mass is 79.9. The van der Waals surface area contributed by atoms with E-state index in [2.05, 4.69) is 20.8 Å². The van der Waals surface area contributed by atoms with Crippen LogP contribution in [0.2, 0.25) is 0 Å². The van der Waals surface area contributed by atoms with Crippen molar-refractivity contribution in [2.45, 2.75) is 32.4 Å². The Bertz CT molecular complexity index is 493. The lowest BCUT2D eigenvalue weighted by molar-refractivity contribution is -0.385. The number of benzene rings is 1. The molecule has 2 unspecified atom stereocenters. The van der Waals surface area contributed by atoms with Gasteiger partial charge in [0.05, 0.1) is 4.92 Å². The molecule has 2 atom stereocenters. The van der Waals surface area contributed by atoms with Gasteiger partial charge in [-0.1, -0.05) is 15.9 Å². The van der Waals surface area contributed by atoms with Crippen LogP contribution in [-0.2, 0) is 6.54 Å². The Morgan fingerprint density at radius 1 is 1.60 bits per heavy atom. The van der Waals surface area contributed by atoms with Gasteiger partial charge in [0.15, 0.2) is 0 Å². The topological polar surface area (TPSA) is 72.4 Å². The minimum atomic E-state index is -0.312. The summed E-state index contributed by atoms with van der Waals surface area (Å²) >= 11 is 3.28. The zero-order valence-corrected chi connectivity index (χ0v) is 13.2. The van der Waals surface area contributed by atoms with E-state index in [-0.39, 0.29) is 16.7 Å². The van der Waals surface area contributed by atoms with Gasteiger partial charge >= 0.3 is 0 Å². The molecule has 0 aliphatic carbocycles. The number of halogens is 1. The third kappa shape index (κ3) is 3.77. The van der Waals surface area contributed by atoms with Gasteiger partial charge in [0.2, 0.25) is 0 Å². The Morgan fingerprint density at radius 3 is 3.00 bits per heavy atom. The quantitative estimate of drug-likeness (QED) is 0.675. The summed E-state index contributed by atoms with van der Waals surface area (Å²) in [7, 11) is 0. The Kier molecular flexibility index (Phi) is 5.12. The van der Waals surface area contributed by atoms with Crippen LogP contribution in [0.3, 0.4) is 0 Å². The van der Waals surface area contributed by atoms with Crippen LogP contribution < -0.4 is 5.73 Å². The van der Waals surface area contributed by atoms with Gasteiger partial charge in [-0.05, 0) is 44.4 Å². The summed E-state index contributed by atoms with van der Waals surface area (Å²) in [5, 5.41) is 11.1. The summed E-state index contributed by atoms with van der Waals surface area (Å²) in [6.07, 6.45) is 2.26. The number of piperidine rings is 1. The molecule has 1 fully saturated rings. The molecule has 1 saturated heterocycles. The van der Waals surface area contributed by atoms with Gasteiger partial charge in [-0.15, -0.1) is 0 Å². The molecule has 0 saturated carbocycles. The third-order valence-corrected chi connectivity index (χ3v) is 4.42. The van der Waals surface area contributed by atoms with E-state index in [1.807, 2.05) is 19.1 Å². The van der Waals surface area contributed by atoms with Gasteiger partial charge in [0, 0.05) is 35.2 Å². The van der Waals surface area contributed by atoms with Crippen molar-refractivity contribution in [2.24, 2.45) is 11.7 Å². The molecule has 2 N–H and O–H groups in total. The minimum absolute atomic E-state index is 0.178. The van der Waals surface area contributed by atoms with E-state index in [1.165, 1.54) is 0 Å². The molecule has 0 radical (unpaired) electrons. The first-order valence-electron chi connectivity index (χ1n) is 6.88. The van der Waals surface area contributed by atoms with Crippen LogP contribution in [0.5, 0.6) is 0 Å². The molecule has 5 nitrogen and oxygen atoms in total. The van der Waals surface area contributed by atoms with E-state index in [4.69, 9.17) is 5.73 Å². The molecule has 1 aromatic carbocycles. The van der Waals surface area contributed by atoms with Crippen molar-refractivity contribution in [2.75, 3.05) is 13.1 Å². The second-order valence-electron chi connectivity index (χ2n) is 5.53. The molecule has 1 aliphatic heterocycles. The van der Waals surface area contributed by atoms with Crippen molar-refractivity contribution >= 4 is 21.6 Å². The van der Waals surface area contributed by atoms with Crippen LogP contribution in [0.4, 0.5) is 5.69 Å². The predicted molar refractivity (Wildman–Crippen MR) is 82.4 cm³/mol. The summed E-state index contributed by atoms with van der Waals surface area (Å²) in [5.74, 6) is 0.484. The number of nitrogens with zero attached hydrogens (tertiary/aromatic N) is 2. The van der Waals surface area contributed by atoms with Gasteiger partial charge in [0.25, 0.3) is 5.69 Å². The zero-order valence-electron chi connectivity index (χ0n) is 11.6. The molecule has 2 rings (SSSR count). The Morgan fingerprint density at radius 2 is 2.35 bits per heavy atom. The maximum atomic E-state index is 11.1. The van der Waals surface area contributed by atoms with Crippen molar-refractivity contribution < 1.29 is 4.92 Å². The molecule has 0 amide bonds. The van der Waals surface area contributed by atoms with Gasteiger partial charge < -0.3 is 5.73 Å². The Hall–Kier alpha value is -0.980. The maximum Gasteiger partial charge on any atom is 0.275 e. The SMILES string of the molecule is CC(N)C1CCCN(Cc2ccc(Br)cc2[N+](=O)[O-])C1. The molecule has 0 aromatic heterocycles. The average Bonchev–Trinajstić information content (AvgIpc) is 2.41. The lowest BCUT2D eigenvalue weighted by atomic mass is 9.92. The monoisotopic (exact) mass is 341 g/mol. The van der Waals surface area contributed by atoms with Crippen LogP contribution in [0.25, 0.3) is 0 Å². The van der Waals surface area contributed by atoms with Crippen LogP contribution >= 0.6 is 15.9 Å². The largest absolute Gasteiger partial charge is 0.328 e. The standard InChI is InChI=1S/C14H20BrN3O2/c1-10(16)11-3-2-6-17(8-11)9-12-4-5-13(15)7-14(12)18(19)20/h4-5,7,10-11H,2-3,6,8-9,16H2,1H3. The molecule has 0 bridgehead atoms. The summed E-state index contributed by atoms with van der Waals surface area (Å²) < 4.78 is 0.736. The highest BCUT2D eigenvalue weighted by Crippen LogP contribution is 2.27. The van der Waals surface area contributed by atoms with E-state index in [1.54, 1.807) is 6.07 Å². The fourth-order valence-electron chi connectivity index (χ4n) is 2.75. The fourth-order valence-corrected chi connectivity index (χ4v) is 3.09.